The molecule has 2 rings (SSSR count). The molecule has 0 unspecified atom stereocenters. The van der Waals surface area contributed by atoms with Gasteiger partial charge in [0, 0.05) is 32.9 Å². The lowest BCUT2D eigenvalue weighted by atomic mass is 10.0. The van der Waals surface area contributed by atoms with Crippen LogP contribution >= 0.6 is 0 Å². The number of carbonyl (C=O) groups excluding carboxylic acids is 3. The number of carboxylic acids is 1. The normalized spacial score (nSPS) is 16.9. The van der Waals surface area contributed by atoms with Crippen LogP contribution in [0.15, 0.2) is 35.2 Å². The van der Waals surface area contributed by atoms with Crippen LogP contribution in [-0.2, 0) is 29.2 Å². The zero-order valence-electron chi connectivity index (χ0n) is 20.8. The maximum Gasteiger partial charge on any atom is 0.326 e. The van der Waals surface area contributed by atoms with Crippen LogP contribution in [0.5, 0.6) is 0 Å². The Kier molecular flexibility index (Phi) is 12.0. The Morgan fingerprint density at radius 2 is 1.69 bits per heavy atom. The van der Waals surface area contributed by atoms with Gasteiger partial charge in [-0.25, -0.2) is 13.2 Å². The molecule has 36 heavy (non-hydrogen) atoms. The molecule has 3 N–H and O–H groups in total. The summed E-state index contributed by atoms with van der Waals surface area (Å²) in [5, 5.41) is 14.7. The molecule has 1 fully saturated rings. The summed E-state index contributed by atoms with van der Waals surface area (Å²) in [6, 6.07) is 5.56. The molecule has 11 heteroatoms. The van der Waals surface area contributed by atoms with E-state index in [1.54, 1.807) is 18.2 Å². The lowest BCUT2D eigenvalue weighted by Gasteiger charge is -2.25. The van der Waals surface area contributed by atoms with Crippen molar-refractivity contribution in [3.63, 3.8) is 0 Å². The van der Waals surface area contributed by atoms with Gasteiger partial charge in [-0.1, -0.05) is 37.5 Å². The van der Waals surface area contributed by atoms with Crippen LogP contribution in [-0.4, -0.2) is 66.6 Å². The Balaban J connectivity index is 1.78. The summed E-state index contributed by atoms with van der Waals surface area (Å²) in [5.41, 5.74) is 0. The van der Waals surface area contributed by atoms with Gasteiger partial charge >= 0.3 is 5.97 Å². The molecule has 2 atom stereocenters. The van der Waals surface area contributed by atoms with Gasteiger partial charge < -0.3 is 15.7 Å². The van der Waals surface area contributed by atoms with Crippen LogP contribution in [0.1, 0.15) is 71.1 Å². The Hall–Kier alpha value is -2.79. The van der Waals surface area contributed by atoms with Crippen molar-refractivity contribution in [1.82, 2.24) is 14.9 Å². The first-order valence-corrected chi connectivity index (χ1v) is 13.9. The molecule has 1 aliphatic heterocycles. The van der Waals surface area contributed by atoms with E-state index >= 15 is 0 Å². The number of aliphatic carboxylic acids is 1. The number of amides is 2. The third-order valence-electron chi connectivity index (χ3n) is 6.19. The van der Waals surface area contributed by atoms with Gasteiger partial charge in [-0.15, -0.1) is 0 Å². The van der Waals surface area contributed by atoms with E-state index in [-0.39, 0.29) is 36.0 Å². The van der Waals surface area contributed by atoms with Gasteiger partial charge in [-0.05, 0) is 44.2 Å². The second-order valence-corrected chi connectivity index (χ2v) is 11.0. The first kappa shape index (κ1) is 29.4. The number of benzene rings is 1. The van der Waals surface area contributed by atoms with Crippen molar-refractivity contribution in [2.45, 2.75) is 88.1 Å². The first-order chi connectivity index (χ1) is 17.1. The second kappa shape index (κ2) is 14.7. The maximum absolute atomic E-state index is 13.0. The maximum atomic E-state index is 13.0. The van der Waals surface area contributed by atoms with Crippen LogP contribution < -0.4 is 10.6 Å². The largest absolute Gasteiger partial charge is 0.480 e. The molecular weight excluding hydrogens is 486 g/mol. The van der Waals surface area contributed by atoms with Gasteiger partial charge in [0.15, 0.2) is 0 Å². The highest BCUT2D eigenvalue weighted by Crippen LogP contribution is 2.26. The molecule has 0 bridgehead atoms. The number of nitrogens with one attached hydrogen (secondary N) is 2. The molecule has 1 aliphatic rings. The fraction of sp³-hybridized carbons (Fsp3) is 0.600. The highest BCUT2D eigenvalue weighted by atomic mass is 32.2. The number of carboxylic acid groups (broad SMARTS) is 1. The summed E-state index contributed by atoms with van der Waals surface area (Å²) in [6.45, 7) is 2.30. The summed E-state index contributed by atoms with van der Waals surface area (Å²) in [6.07, 6.45) is 5.49. The van der Waals surface area contributed by atoms with E-state index in [0.717, 1.165) is 30.0 Å². The molecule has 1 heterocycles. The number of ketones is 1. The Labute approximate surface area is 212 Å². The Bertz CT molecular complexity index is 998. The standard InChI is InChI=1S/C25H37N3O7S/c1-19(29)26-17-9-4-2-3-6-11-20(30)15-16-22(25(32)33)27-24(31)23-14-10-18-28(23)36(34,35)21-12-7-5-8-13-21/h5,7-8,12-13,22-23H,2-4,6,9-11,14-18H2,1H3,(H,26,29)(H,27,31)(H,32,33)/t22-,23-/m0/s1. The lowest BCUT2D eigenvalue weighted by Crippen LogP contribution is -2.50. The van der Waals surface area contributed by atoms with Gasteiger partial charge in [0.25, 0.3) is 0 Å². The minimum atomic E-state index is -3.89. The number of rotatable bonds is 16. The van der Waals surface area contributed by atoms with Crippen LogP contribution in [0, 0.1) is 0 Å². The Morgan fingerprint density at radius 3 is 2.36 bits per heavy atom. The zero-order valence-corrected chi connectivity index (χ0v) is 21.6. The summed E-state index contributed by atoms with van der Waals surface area (Å²) >= 11 is 0. The Morgan fingerprint density at radius 1 is 1.03 bits per heavy atom. The fourth-order valence-corrected chi connectivity index (χ4v) is 5.89. The molecule has 0 spiro atoms. The van der Waals surface area contributed by atoms with E-state index < -0.39 is 34.0 Å². The lowest BCUT2D eigenvalue weighted by molar-refractivity contribution is -0.142. The predicted octanol–water partition coefficient (Wildman–Crippen LogP) is 2.24. The molecule has 1 aromatic rings. The van der Waals surface area contributed by atoms with Gasteiger partial charge in [0.2, 0.25) is 21.8 Å². The van der Waals surface area contributed by atoms with Gasteiger partial charge in [0.05, 0.1) is 4.90 Å². The summed E-state index contributed by atoms with van der Waals surface area (Å²) in [4.78, 5) is 47.7. The topological polar surface area (TPSA) is 150 Å². The molecule has 0 saturated carbocycles. The number of hydrogen-bond acceptors (Lipinski definition) is 6. The molecule has 0 aromatic heterocycles. The quantitative estimate of drug-likeness (QED) is 0.281. The number of carbonyl (C=O) groups is 4. The highest BCUT2D eigenvalue weighted by molar-refractivity contribution is 7.89. The average Bonchev–Trinajstić information content (AvgIpc) is 3.34. The van der Waals surface area contributed by atoms with E-state index in [2.05, 4.69) is 10.6 Å². The molecule has 0 aliphatic carbocycles. The number of unbranched alkanes of at least 4 members (excludes halogenated alkanes) is 4. The summed E-state index contributed by atoms with van der Waals surface area (Å²) in [5.74, 6) is -2.03. The first-order valence-electron chi connectivity index (χ1n) is 12.5. The molecule has 10 nitrogen and oxygen atoms in total. The summed E-state index contributed by atoms with van der Waals surface area (Å²) in [7, 11) is -3.89. The van der Waals surface area contributed by atoms with E-state index in [0.29, 0.717) is 32.2 Å². The number of nitrogens with zero attached hydrogens (tertiary/aromatic N) is 1. The summed E-state index contributed by atoms with van der Waals surface area (Å²) < 4.78 is 27.1. The van der Waals surface area contributed by atoms with Crippen molar-refractivity contribution >= 4 is 33.6 Å². The molecule has 2 amide bonds. The molecule has 0 radical (unpaired) electrons. The van der Waals surface area contributed by atoms with Crippen molar-refractivity contribution in [1.29, 1.82) is 0 Å². The van der Waals surface area contributed by atoms with Gasteiger partial charge in [-0.3, -0.25) is 14.4 Å². The second-order valence-electron chi connectivity index (χ2n) is 9.06. The zero-order chi connectivity index (χ0) is 26.6. The SMILES string of the molecule is CC(=O)NCCCCCCCC(=O)CC[C@H](NC(=O)[C@@H]1CCCN1S(=O)(=O)c1ccccc1)C(=O)O. The number of Topliss-reactive ketones (excluding diaryl/α,β-unsaturated/α-hetero) is 1. The third-order valence-corrected chi connectivity index (χ3v) is 8.11. The number of sulfonamides is 1. The monoisotopic (exact) mass is 523 g/mol. The predicted molar refractivity (Wildman–Crippen MR) is 134 cm³/mol. The van der Waals surface area contributed by atoms with Crippen LogP contribution in [0.2, 0.25) is 0 Å². The van der Waals surface area contributed by atoms with Crippen molar-refractivity contribution in [2.75, 3.05) is 13.1 Å². The molecule has 1 aromatic carbocycles. The van der Waals surface area contributed by atoms with Crippen molar-refractivity contribution < 1.29 is 32.7 Å². The minimum Gasteiger partial charge on any atom is -0.480 e. The fourth-order valence-electron chi connectivity index (χ4n) is 4.22. The van der Waals surface area contributed by atoms with Gasteiger partial charge in [-0.2, -0.15) is 4.31 Å². The minimum absolute atomic E-state index is 0.0243. The van der Waals surface area contributed by atoms with E-state index in [1.165, 1.54) is 19.1 Å². The van der Waals surface area contributed by atoms with E-state index in [4.69, 9.17) is 0 Å². The smallest absolute Gasteiger partial charge is 0.326 e. The molecular formula is C25H37N3O7S. The molecule has 200 valence electrons. The van der Waals surface area contributed by atoms with Crippen molar-refractivity contribution in [3.8, 4) is 0 Å². The molecule has 1 saturated heterocycles. The van der Waals surface area contributed by atoms with Crippen molar-refractivity contribution in [3.05, 3.63) is 30.3 Å². The van der Waals surface area contributed by atoms with Gasteiger partial charge in [0.1, 0.15) is 17.9 Å². The van der Waals surface area contributed by atoms with Crippen LogP contribution in [0.4, 0.5) is 0 Å². The van der Waals surface area contributed by atoms with Crippen LogP contribution in [0.25, 0.3) is 0 Å². The average molecular weight is 524 g/mol. The highest BCUT2D eigenvalue weighted by Gasteiger charge is 2.40. The van der Waals surface area contributed by atoms with E-state index in [9.17, 15) is 32.7 Å². The van der Waals surface area contributed by atoms with Crippen molar-refractivity contribution in [2.24, 2.45) is 0 Å². The number of hydrogen-bond donors (Lipinski definition) is 3. The van der Waals surface area contributed by atoms with E-state index in [1.807, 2.05) is 0 Å². The van der Waals surface area contributed by atoms with Crippen LogP contribution in [0.3, 0.4) is 0 Å². The third kappa shape index (κ3) is 9.34.